The Morgan fingerprint density at radius 3 is 2.40 bits per heavy atom. The molecule has 1 nitrogen and oxygen atoms in total. The first-order chi connectivity index (χ1) is 7.31. The van der Waals surface area contributed by atoms with E-state index < -0.39 is 5.92 Å². The van der Waals surface area contributed by atoms with Gasteiger partial charge in [0.25, 0.3) is 0 Å². The standard InChI is InChI=1S/C12H8FOS/c13-11-3-1-9(2-4-11)12(7-14)10-5-6-15-8-10/h1-6,8,12H. The van der Waals surface area contributed by atoms with Gasteiger partial charge < -0.3 is 0 Å². The van der Waals surface area contributed by atoms with Crippen molar-refractivity contribution in [3.05, 3.63) is 58.0 Å². The molecule has 0 spiro atoms. The molecule has 2 rings (SSSR count). The van der Waals surface area contributed by atoms with Gasteiger partial charge in [-0.1, -0.05) is 12.1 Å². The highest BCUT2D eigenvalue weighted by molar-refractivity contribution is 7.08. The van der Waals surface area contributed by atoms with Gasteiger partial charge in [-0.05, 0) is 40.1 Å². The summed E-state index contributed by atoms with van der Waals surface area (Å²) in [5.41, 5.74) is 1.67. The summed E-state index contributed by atoms with van der Waals surface area (Å²) in [6, 6.07) is 7.81. The second kappa shape index (κ2) is 4.36. The maximum absolute atomic E-state index is 12.7. The Bertz CT molecular complexity index is 433. The molecule has 1 radical (unpaired) electrons. The van der Waals surface area contributed by atoms with Crippen LogP contribution in [0, 0.1) is 5.82 Å². The van der Waals surface area contributed by atoms with Crippen LogP contribution in [0.4, 0.5) is 4.39 Å². The fourth-order valence-corrected chi connectivity index (χ4v) is 2.11. The van der Waals surface area contributed by atoms with Gasteiger partial charge in [0.05, 0.1) is 5.92 Å². The van der Waals surface area contributed by atoms with Crippen LogP contribution in [0.25, 0.3) is 0 Å². The van der Waals surface area contributed by atoms with E-state index in [1.807, 2.05) is 23.1 Å². The van der Waals surface area contributed by atoms with Crippen molar-refractivity contribution in [2.24, 2.45) is 0 Å². The van der Waals surface area contributed by atoms with Crippen molar-refractivity contribution in [3.8, 4) is 0 Å². The van der Waals surface area contributed by atoms with Crippen LogP contribution in [0.5, 0.6) is 0 Å². The highest BCUT2D eigenvalue weighted by atomic mass is 32.1. The lowest BCUT2D eigenvalue weighted by Crippen LogP contribution is -2.00. The van der Waals surface area contributed by atoms with Crippen LogP contribution in [0.2, 0.25) is 0 Å². The van der Waals surface area contributed by atoms with Gasteiger partial charge in [-0.15, -0.1) is 0 Å². The minimum absolute atomic E-state index is 0.297. The van der Waals surface area contributed by atoms with Gasteiger partial charge in [-0.3, -0.25) is 4.79 Å². The SMILES string of the molecule is O=[C]C(c1ccc(F)cc1)c1ccsc1. The van der Waals surface area contributed by atoms with Crippen LogP contribution in [0.15, 0.2) is 41.1 Å². The Balaban J connectivity index is 2.35. The number of halogens is 1. The van der Waals surface area contributed by atoms with E-state index in [-0.39, 0.29) is 5.82 Å². The van der Waals surface area contributed by atoms with Gasteiger partial charge in [-0.25, -0.2) is 4.39 Å². The monoisotopic (exact) mass is 219 g/mol. The number of benzene rings is 1. The van der Waals surface area contributed by atoms with Crippen LogP contribution in [-0.4, -0.2) is 6.29 Å². The topological polar surface area (TPSA) is 17.1 Å². The van der Waals surface area contributed by atoms with E-state index in [9.17, 15) is 9.18 Å². The highest BCUT2D eigenvalue weighted by Crippen LogP contribution is 2.24. The van der Waals surface area contributed by atoms with E-state index in [1.165, 1.54) is 23.5 Å². The number of thiophene rings is 1. The van der Waals surface area contributed by atoms with Crippen molar-refractivity contribution in [1.82, 2.24) is 0 Å². The Morgan fingerprint density at radius 1 is 1.13 bits per heavy atom. The Labute approximate surface area is 91.2 Å². The predicted octanol–water partition coefficient (Wildman–Crippen LogP) is 3.13. The molecule has 1 atom stereocenters. The van der Waals surface area contributed by atoms with Crippen molar-refractivity contribution >= 4 is 17.6 Å². The second-order valence-electron chi connectivity index (χ2n) is 3.16. The van der Waals surface area contributed by atoms with Crippen molar-refractivity contribution in [1.29, 1.82) is 0 Å². The molecule has 0 N–H and O–H groups in total. The fourth-order valence-electron chi connectivity index (χ4n) is 1.42. The third kappa shape index (κ3) is 2.13. The molecule has 2 aromatic rings. The first-order valence-electron chi connectivity index (χ1n) is 4.46. The van der Waals surface area contributed by atoms with E-state index in [4.69, 9.17) is 0 Å². The summed E-state index contributed by atoms with van der Waals surface area (Å²) in [6.07, 6.45) is 1.97. The van der Waals surface area contributed by atoms with Crippen molar-refractivity contribution in [3.63, 3.8) is 0 Å². The summed E-state index contributed by atoms with van der Waals surface area (Å²) in [6.45, 7) is 0. The van der Waals surface area contributed by atoms with E-state index in [0.29, 0.717) is 0 Å². The molecule has 15 heavy (non-hydrogen) atoms. The van der Waals surface area contributed by atoms with E-state index >= 15 is 0 Å². The number of hydrogen-bond acceptors (Lipinski definition) is 2. The molecule has 0 saturated heterocycles. The number of hydrogen-bond donors (Lipinski definition) is 0. The molecule has 75 valence electrons. The van der Waals surface area contributed by atoms with Crippen LogP contribution >= 0.6 is 11.3 Å². The van der Waals surface area contributed by atoms with Gasteiger partial charge >= 0.3 is 0 Å². The van der Waals surface area contributed by atoms with E-state index in [1.54, 1.807) is 12.1 Å². The molecule has 1 aromatic carbocycles. The minimum Gasteiger partial charge on any atom is -0.290 e. The molecule has 3 heteroatoms. The third-order valence-corrected chi connectivity index (χ3v) is 2.90. The zero-order chi connectivity index (χ0) is 10.7. The molecule has 0 fully saturated rings. The smallest absolute Gasteiger partial charge is 0.211 e. The van der Waals surface area contributed by atoms with Crippen LogP contribution in [0.1, 0.15) is 17.0 Å². The second-order valence-corrected chi connectivity index (χ2v) is 3.94. The van der Waals surface area contributed by atoms with Gasteiger partial charge in [0.1, 0.15) is 5.82 Å². The van der Waals surface area contributed by atoms with Gasteiger partial charge in [-0.2, -0.15) is 11.3 Å². The van der Waals surface area contributed by atoms with Crippen LogP contribution in [0.3, 0.4) is 0 Å². The molecule has 0 aliphatic rings. The summed E-state index contributed by atoms with van der Waals surface area (Å²) in [4.78, 5) is 10.9. The molecular weight excluding hydrogens is 211 g/mol. The summed E-state index contributed by atoms with van der Waals surface area (Å²) in [5.74, 6) is -0.703. The Kier molecular flexibility index (Phi) is 2.92. The molecule has 0 bridgehead atoms. The average molecular weight is 219 g/mol. The molecular formula is C12H8FOS. The minimum atomic E-state index is -0.406. The molecule has 0 amide bonds. The van der Waals surface area contributed by atoms with E-state index in [0.717, 1.165) is 11.1 Å². The maximum Gasteiger partial charge on any atom is 0.211 e. The van der Waals surface area contributed by atoms with E-state index in [2.05, 4.69) is 0 Å². The van der Waals surface area contributed by atoms with Gasteiger partial charge in [0.2, 0.25) is 6.29 Å². The Hall–Kier alpha value is -1.48. The first-order valence-corrected chi connectivity index (χ1v) is 5.41. The van der Waals surface area contributed by atoms with Crippen molar-refractivity contribution in [2.75, 3.05) is 0 Å². The summed E-state index contributed by atoms with van der Waals surface area (Å²) < 4.78 is 12.7. The van der Waals surface area contributed by atoms with Crippen LogP contribution in [-0.2, 0) is 4.79 Å². The van der Waals surface area contributed by atoms with Crippen molar-refractivity contribution < 1.29 is 9.18 Å². The average Bonchev–Trinajstić information content (AvgIpc) is 2.75. The Morgan fingerprint density at radius 2 is 1.87 bits per heavy atom. The van der Waals surface area contributed by atoms with Crippen molar-refractivity contribution in [2.45, 2.75) is 5.92 Å². The highest BCUT2D eigenvalue weighted by Gasteiger charge is 2.14. The third-order valence-electron chi connectivity index (χ3n) is 2.20. The maximum atomic E-state index is 12.7. The quantitative estimate of drug-likeness (QED) is 0.775. The van der Waals surface area contributed by atoms with Crippen LogP contribution < -0.4 is 0 Å². The summed E-state index contributed by atoms with van der Waals surface area (Å²) in [5, 5.41) is 3.81. The molecule has 0 aliphatic carbocycles. The normalized spacial score (nSPS) is 12.3. The fraction of sp³-hybridized carbons (Fsp3) is 0.0833. The zero-order valence-electron chi connectivity index (χ0n) is 7.81. The summed E-state index contributed by atoms with van der Waals surface area (Å²) >= 11 is 1.53. The molecule has 0 aliphatic heterocycles. The van der Waals surface area contributed by atoms with Gasteiger partial charge in [0.15, 0.2) is 0 Å². The number of carbonyl (C=O) groups excluding carboxylic acids is 1. The molecule has 1 unspecified atom stereocenters. The lowest BCUT2D eigenvalue weighted by atomic mass is 9.95. The lowest BCUT2D eigenvalue weighted by Gasteiger charge is -2.07. The molecule has 1 heterocycles. The zero-order valence-corrected chi connectivity index (χ0v) is 8.63. The molecule has 1 aromatic heterocycles. The summed E-state index contributed by atoms with van der Waals surface area (Å²) in [7, 11) is 0. The lowest BCUT2D eigenvalue weighted by molar-refractivity contribution is 0.549. The number of rotatable bonds is 3. The largest absolute Gasteiger partial charge is 0.290 e. The molecule has 0 saturated carbocycles. The predicted molar refractivity (Wildman–Crippen MR) is 58.3 cm³/mol. The first kappa shape index (κ1) is 10.1. The van der Waals surface area contributed by atoms with Gasteiger partial charge in [0, 0.05) is 0 Å².